The van der Waals surface area contributed by atoms with Crippen molar-refractivity contribution in [2.45, 2.75) is 12.5 Å². The molecule has 5 nitrogen and oxygen atoms in total. The number of nitrogens with one attached hydrogen (secondary N) is 2. The number of rotatable bonds is 7. The number of carbonyl (C=O) groups is 2. The van der Waals surface area contributed by atoms with Crippen LogP contribution in [0.5, 0.6) is 0 Å². The lowest BCUT2D eigenvalue weighted by molar-refractivity contribution is -0.121. The van der Waals surface area contributed by atoms with Crippen LogP contribution < -0.4 is 10.7 Å². The Hall–Kier alpha value is -3.44. The van der Waals surface area contributed by atoms with Gasteiger partial charge in [-0.25, -0.2) is 5.43 Å². The van der Waals surface area contributed by atoms with Gasteiger partial charge in [0.25, 0.3) is 5.91 Å². The maximum atomic E-state index is 12.6. The third kappa shape index (κ3) is 6.02. The monoisotopic (exact) mass is 405 g/mol. The van der Waals surface area contributed by atoms with Gasteiger partial charge in [0, 0.05) is 16.1 Å². The first-order valence-electron chi connectivity index (χ1n) is 9.11. The zero-order valence-corrected chi connectivity index (χ0v) is 16.3. The number of carbonyl (C=O) groups excluding carboxylic acids is 2. The number of halogens is 1. The van der Waals surface area contributed by atoms with Crippen molar-refractivity contribution in [3.63, 3.8) is 0 Å². The number of amides is 2. The molecule has 0 aromatic heterocycles. The van der Waals surface area contributed by atoms with Gasteiger partial charge in [-0.1, -0.05) is 78.3 Å². The van der Waals surface area contributed by atoms with Gasteiger partial charge in [-0.3, -0.25) is 9.59 Å². The first-order chi connectivity index (χ1) is 14.1. The topological polar surface area (TPSA) is 70.6 Å². The first-order valence-corrected chi connectivity index (χ1v) is 9.48. The zero-order chi connectivity index (χ0) is 20.5. The molecule has 6 heteroatoms. The molecule has 3 aromatic rings. The van der Waals surface area contributed by atoms with Crippen LogP contribution in [-0.4, -0.2) is 18.0 Å². The summed E-state index contributed by atoms with van der Waals surface area (Å²) < 4.78 is 0. The smallest absolute Gasteiger partial charge is 0.251 e. The van der Waals surface area contributed by atoms with E-state index >= 15 is 0 Å². The summed E-state index contributed by atoms with van der Waals surface area (Å²) in [5.74, 6) is -0.567. The van der Waals surface area contributed by atoms with Gasteiger partial charge in [0.2, 0.25) is 5.91 Å². The summed E-state index contributed by atoms with van der Waals surface area (Å²) in [5, 5.41) is 7.43. The molecule has 0 radical (unpaired) electrons. The first kappa shape index (κ1) is 20.3. The highest BCUT2D eigenvalue weighted by atomic mass is 35.5. The molecule has 1 atom stereocenters. The molecule has 146 valence electrons. The Morgan fingerprint density at radius 1 is 0.897 bits per heavy atom. The van der Waals surface area contributed by atoms with Crippen molar-refractivity contribution in [1.82, 2.24) is 10.7 Å². The molecule has 0 spiro atoms. The SMILES string of the molecule is O=C(C[C@@H](NC(=O)c1ccccc1)c1ccccc1)N/N=C\c1ccccc1Cl. The Kier molecular flexibility index (Phi) is 7.14. The summed E-state index contributed by atoms with van der Waals surface area (Å²) in [4.78, 5) is 25.0. The largest absolute Gasteiger partial charge is 0.345 e. The van der Waals surface area contributed by atoms with E-state index < -0.39 is 6.04 Å². The van der Waals surface area contributed by atoms with E-state index in [1.807, 2.05) is 48.5 Å². The molecule has 0 heterocycles. The fraction of sp³-hybridized carbons (Fsp3) is 0.0870. The molecular formula is C23H20ClN3O2. The number of hydrazone groups is 1. The molecule has 0 fully saturated rings. The minimum Gasteiger partial charge on any atom is -0.345 e. The minimum absolute atomic E-state index is 0.0441. The maximum Gasteiger partial charge on any atom is 0.251 e. The van der Waals surface area contributed by atoms with Gasteiger partial charge >= 0.3 is 0 Å². The standard InChI is InChI=1S/C23H20ClN3O2/c24-20-14-8-7-13-19(20)16-25-27-22(28)15-21(17-9-3-1-4-10-17)26-23(29)18-11-5-2-6-12-18/h1-14,16,21H,15H2,(H,26,29)(H,27,28)/b25-16-/t21-/m1/s1. The van der Waals surface area contributed by atoms with Crippen molar-refractivity contribution in [3.8, 4) is 0 Å². The highest BCUT2D eigenvalue weighted by Gasteiger charge is 2.19. The molecule has 0 bridgehead atoms. The molecule has 29 heavy (non-hydrogen) atoms. The van der Waals surface area contributed by atoms with Crippen molar-refractivity contribution in [2.24, 2.45) is 5.10 Å². The summed E-state index contributed by atoms with van der Waals surface area (Å²) in [6.45, 7) is 0. The van der Waals surface area contributed by atoms with Crippen molar-refractivity contribution in [3.05, 3.63) is 107 Å². The summed E-state index contributed by atoms with van der Waals surface area (Å²) >= 11 is 6.07. The molecule has 2 amide bonds. The van der Waals surface area contributed by atoms with Crippen molar-refractivity contribution >= 4 is 29.6 Å². The molecule has 3 aromatic carbocycles. The fourth-order valence-corrected chi connectivity index (χ4v) is 2.94. The van der Waals surface area contributed by atoms with Crippen LogP contribution in [0.25, 0.3) is 0 Å². The van der Waals surface area contributed by atoms with Crippen LogP contribution in [0.15, 0.2) is 90.0 Å². The van der Waals surface area contributed by atoms with E-state index in [1.165, 1.54) is 6.21 Å². The van der Waals surface area contributed by atoms with Gasteiger partial charge in [-0.2, -0.15) is 5.10 Å². The Balaban J connectivity index is 1.67. The molecule has 2 N–H and O–H groups in total. The van der Waals surface area contributed by atoms with Gasteiger partial charge in [-0.15, -0.1) is 0 Å². The van der Waals surface area contributed by atoms with Crippen LogP contribution in [0.4, 0.5) is 0 Å². The minimum atomic E-state index is -0.487. The number of benzene rings is 3. The third-order valence-corrected chi connectivity index (χ3v) is 4.58. The van der Waals surface area contributed by atoms with Crippen LogP contribution in [-0.2, 0) is 4.79 Å². The highest BCUT2D eigenvalue weighted by molar-refractivity contribution is 6.33. The summed E-state index contributed by atoms with van der Waals surface area (Å²) in [5.41, 5.74) is 4.56. The van der Waals surface area contributed by atoms with E-state index in [0.717, 1.165) is 5.56 Å². The van der Waals surface area contributed by atoms with E-state index in [2.05, 4.69) is 15.8 Å². The fourth-order valence-electron chi connectivity index (χ4n) is 2.75. The molecule has 3 rings (SSSR count). The Labute approximate surface area is 174 Å². The van der Waals surface area contributed by atoms with Crippen LogP contribution in [0, 0.1) is 0 Å². The molecule has 0 unspecified atom stereocenters. The van der Waals surface area contributed by atoms with Gasteiger partial charge in [0.1, 0.15) is 0 Å². The van der Waals surface area contributed by atoms with Crippen LogP contribution in [0.2, 0.25) is 5.02 Å². The second-order valence-electron chi connectivity index (χ2n) is 6.32. The summed E-state index contributed by atoms with van der Waals surface area (Å²) in [6.07, 6.45) is 1.53. The van der Waals surface area contributed by atoms with E-state index in [-0.39, 0.29) is 18.2 Å². The lowest BCUT2D eigenvalue weighted by Gasteiger charge is -2.18. The van der Waals surface area contributed by atoms with Gasteiger partial charge in [0.15, 0.2) is 0 Å². The predicted octanol–water partition coefficient (Wildman–Crippen LogP) is 4.35. The van der Waals surface area contributed by atoms with Crippen molar-refractivity contribution in [1.29, 1.82) is 0 Å². The van der Waals surface area contributed by atoms with Gasteiger partial charge in [0.05, 0.1) is 18.7 Å². The quantitative estimate of drug-likeness (QED) is 0.453. The normalized spacial score (nSPS) is 11.8. The molecule has 0 aliphatic heterocycles. The second-order valence-corrected chi connectivity index (χ2v) is 6.73. The van der Waals surface area contributed by atoms with Crippen LogP contribution in [0.1, 0.15) is 33.9 Å². The molecule has 0 saturated heterocycles. The third-order valence-electron chi connectivity index (χ3n) is 4.23. The number of hydrogen-bond acceptors (Lipinski definition) is 3. The molecular weight excluding hydrogens is 386 g/mol. The lowest BCUT2D eigenvalue weighted by Crippen LogP contribution is -2.32. The lowest BCUT2D eigenvalue weighted by atomic mass is 10.0. The Morgan fingerprint density at radius 3 is 2.21 bits per heavy atom. The van der Waals surface area contributed by atoms with E-state index in [4.69, 9.17) is 11.6 Å². The molecule has 0 aliphatic rings. The molecule has 0 aliphatic carbocycles. The maximum absolute atomic E-state index is 12.6. The highest BCUT2D eigenvalue weighted by Crippen LogP contribution is 2.17. The number of nitrogens with zero attached hydrogens (tertiary/aromatic N) is 1. The van der Waals surface area contributed by atoms with Gasteiger partial charge in [-0.05, 0) is 23.8 Å². The number of hydrogen-bond donors (Lipinski definition) is 2. The average molecular weight is 406 g/mol. The average Bonchev–Trinajstić information content (AvgIpc) is 2.76. The Bertz CT molecular complexity index is 991. The van der Waals surface area contributed by atoms with Crippen LogP contribution in [0.3, 0.4) is 0 Å². The summed E-state index contributed by atoms with van der Waals surface area (Å²) in [7, 11) is 0. The summed E-state index contributed by atoms with van der Waals surface area (Å²) in [6, 6.07) is 24.9. The zero-order valence-electron chi connectivity index (χ0n) is 15.6. The van der Waals surface area contributed by atoms with Crippen molar-refractivity contribution in [2.75, 3.05) is 0 Å². The van der Waals surface area contributed by atoms with Gasteiger partial charge < -0.3 is 5.32 Å². The molecule has 0 saturated carbocycles. The Morgan fingerprint density at radius 2 is 1.52 bits per heavy atom. The second kappa shape index (κ2) is 10.2. The van der Waals surface area contributed by atoms with Crippen LogP contribution >= 0.6 is 11.6 Å². The van der Waals surface area contributed by atoms with Crippen molar-refractivity contribution < 1.29 is 9.59 Å². The van der Waals surface area contributed by atoms with E-state index in [9.17, 15) is 9.59 Å². The van der Waals surface area contributed by atoms with E-state index in [1.54, 1.807) is 36.4 Å². The predicted molar refractivity (Wildman–Crippen MR) is 115 cm³/mol. The van der Waals surface area contributed by atoms with E-state index in [0.29, 0.717) is 16.1 Å².